The lowest BCUT2D eigenvalue weighted by Gasteiger charge is -2.46. The molecule has 266 valence electrons. The first-order valence-electron chi connectivity index (χ1n) is 17.2. The molecule has 0 aromatic rings. The SMILES string of the molecule is CO[C@]1(C)C[C@@H](C)CN(C)CCCN(C(=O)CNCC2CC2)CCOC(=O)C(C)C(=O)[C@H](C)[C@H]1O[C@@H]1O[C@H](C)C[C@H](N(C)C)[C@H]1O. The third-order valence-electron chi connectivity index (χ3n) is 10.0. The van der Waals surface area contributed by atoms with Crippen LogP contribution in [0.25, 0.3) is 0 Å². The average molecular weight is 655 g/mol. The molecule has 0 radical (unpaired) electrons. The van der Waals surface area contributed by atoms with Gasteiger partial charge in [-0.1, -0.05) is 13.8 Å². The number of carbonyl (C=O) groups is 3. The van der Waals surface area contributed by atoms with Crippen molar-refractivity contribution in [2.75, 3.05) is 74.1 Å². The van der Waals surface area contributed by atoms with E-state index in [-0.39, 0.29) is 49.5 Å². The summed E-state index contributed by atoms with van der Waals surface area (Å²) in [6.45, 7) is 12.8. The van der Waals surface area contributed by atoms with Gasteiger partial charge in [0.05, 0.1) is 30.9 Å². The number of cyclic esters (lactones) is 1. The van der Waals surface area contributed by atoms with Gasteiger partial charge < -0.3 is 44.1 Å². The molecule has 2 heterocycles. The Balaban J connectivity index is 1.83. The fourth-order valence-corrected chi connectivity index (χ4v) is 7.04. The Morgan fingerprint density at radius 2 is 1.83 bits per heavy atom. The van der Waals surface area contributed by atoms with Gasteiger partial charge in [0.1, 0.15) is 18.6 Å². The second-order valence-corrected chi connectivity index (χ2v) is 14.6. The van der Waals surface area contributed by atoms with Crippen molar-refractivity contribution in [3.05, 3.63) is 0 Å². The highest BCUT2D eigenvalue weighted by molar-refractivity contribution is 6.00. The summed E-state index contributed by atoms with van der Waals surface area (Å²) < 4.78 is 24.5. The Morgan fingerprint density at radius 3 is 2.46 bits per heavy atom. The number of aliphatic hydroxyl groups is 1. The highest BCUT2D eigenvalue weighted by atomic mass is 16.7. The molecule has 2 N–H and O–H groups in total. The quantitative estimate of drug-likeness (QED) is 0.294. The predicted molar refractivity (Wildman–Crippen MR) is 175 cm³/mol. The lowest BCUT2D eigenvalue weighted by molar-refractivity contribution is -0.295. The number of rotatable bonds is 8. The summed E-state index contributed by atoms with van der Waals surface area (Å²) in [5.41, 5.74) is -0.943. The number of Topliss-reactive ketones (excluding diaryl/α,β-unsaturated/α-hetero) is 1. The Kier molecular flexibility index (Phi) is 14.9. The van der Waals surface area contributed by atoms with Crippen LogP contribution in [0.5, 0.6) is 0 Å². The van der Waals surface area contributed by atoms with E-state index in [1.807, 2.05) is 32.8 Å². The summed E-state index contributed by atoms with van der Waals surface area (Å²) in [5.74, 6) is -2.01. The van der Waals surface area contributed by atoms with E-state index < -0.39 is 41.9 Å². The third-order valence-corrected chi connectivity index (χ3v) is 10.0. The van der Waals surface area contributed by atoms with E-state index in [1.165, 1.54) is 12.8 Å². The minimum Gasteiger partial charge on any atom is -0.463 e. The van der Waals surface area contributed by atoms with Crippen molar-refractivity contribution in [1.29, 1.82) is 0 Å². The standard InChI is InChI=1S/C34H62N4O8/c1-22-18-34(5,43-9)31(46-33-30(41)27(36(6)7)17-23(2)45-33)24(3)29(40)25(4)32(42)44-16-15-38(14-10-13-37(8)21-22)28(39)20-35-19-26-11-12-26/h22-27,30-31,33,35,41H,10-21H2,1-9H3/t22-,23-,24+,25?,27+,30-,31-,33+,34-/m1/s1. The van der Waals surface area contributed by atoms with Crippen molar-refractivity contribution >= 4 is 17.7 Å². The summed E-state index contributed by atoms with van der Waals surface area (Å²) in [7, 11) is 7.50. The maximum atomic E-state index is 13.9. The smallest absolute Gasteiger partial charge is 0.316 e. The Bertz CT molecular complexity index is 996. The molecular weight excluding hydrogens is 592 g/mol. The molecule has 12 heteroatoms. The largest absolute Gasteiger partial charge is 0.463 e. The van der Waals surface area contributed by atoms with Crippen molar-refractivity contribution in [1.82, 2.24) is 20.0 Å². The first-order valence-corrected chi connectivity index (χ1v) is 17.2. The number of ketones is 1. The fourth-order valence-electron chi connectivity index (χ4n) is 7.04. The predicted octanol–water partition coefficient (Wildman–Crippen LogP) is 1.78. The molecule has 9 atom stereocenters. The normalized spacial score (nSPS) is 36.8. The van der Waals surface area contributed by atoms with Crippen LogP contribution in [0, 0.1) is 23.7 Å². The summed E-state index contributed by atoms with van der Waals surface area (Å²) >= 11 is 0. The minimum atomic E-state index is -1.06. The molecule has 2 aliphatic heterocycles. The summed E-state index contributed by atoms with van der Waals surface area (Å²) in [6.07, 6.45) is 1.47. The van der Waals surface area contributed by atoms with Crippen LogP contribution in [-0.2, 0) is 33.3 Å². The Labute approximate surface area is 276 Å². The number of hydrogen-bond donors (Lipinski definition) is 2. The fraction of sp³-hybridized carbons (Fsp3) is 0.912. The number of esters is 1. The molecule has 1 amide bonds. The maximum absolute atomic E-state index is 13.9. The monoisotopic (exact) mass is 654 g/mol. The van der Waals surface area contributed by atoms with Crippen molar-refractivity contribution in [2.24, 2.45) is 23.7 Å². The van der Waals surface area contributed by atoms with Crippen LogP contribution >= 0.6 is 0 Å². The Morgan fingerprint density at radius 1 is 1.13 bits per heavy atom. The van der Waals surface area contributed by atoms with Crippen LogP contribution in [0.4, 0.5) is 0 Å². The molecule has 3 aliphatic rings. The van der Waals surface area contributed by atoms with Crippen LogP contribution in [0.1, 0.15) is 66.7 Å². The van der Waals surface area contributed by atoms with E-state index in [4.69, 9.17) is 18.9 Å². The van der Waals surface area contributed by atoms with Gasteiger partial charge in [0, 0.05) is 32.2 Å². The molecule has 46 heavy (non-hydrogen) atoms. The molecule has 0 aromatic heterocycles. The van der Waals surface area contributed by atoms with Gasteiger partial charge in [-0.2, -0.15) is 0 Å². The number of aliphatic hydroxyl groups excluding tert-OH is 1. The van der Waals surface area contributed by atoms with Gasteiger partial charge in [-0.25, -0.2) is 0 Å². The van der Waals surface area contributed by atoms with E-state index >= 15 is 0 Å². The van der Waals surface area contributed by atoms with Gasteiger partial charge >= 0.3 is 5.97 Å². The van der Waals surface area contributed by atoms with E-state index in [0.29, 0.717) is 25.3 Å². The molecule has 1 saturated carbocycles. The number of amides is 1. The topological polar surface area (TPSA) is 130 Å². The highest BCUT2D eigenvalue weighted by Gasteiger charge is 2.48. The zero-order chi connectivity index (χ0) is 34.2. The lowest BCUT2D eigenvalue weighted by atomic mass is 9.78. The maximum Gasteiger partial charge on any atom is 0.316 e. The zero-order valence-corrected chi connectivity index (χ0v) is 29.8. The number of nitrogens with one attached hydrogen (secondary N) is 1. The van der Waals surface area contributed by atoms with E-state index in [9.17, 15) is 19.5 Å². The van der Waals surface area contributed by atoms with Crippen LogP contribution in [0.15, 0.2) is 0 Å². The number of carbonyl (C=O) groups excluding carboxylic acids is 3. The molecule has 0 aromatic carbocycles. The van der Waals surface area contributed by atoms with Crippen LogP contribution in [0.2, 0.25) is 0 Å². The second kappa shape index (κ2) is 17.6. The number of nitrogens with zero attached hydrogens (tertiary/aromatic N) is 3. The molecule has 3 fully saturated rings. The number of methoxy groups -OCH3 is 1. The summed E-state index contributed by atoms with van der Waals surface area (Å²) in [5, 5.41) is 14.6. The molecule has 2 saturated heterocycles. The number of ether oxygens (including phenoxy) is 4. The average Bonchev–Trinajstić information content (AvgIpc) is 3.82. The van der Waals surface area contributed by atoms with Crippen LogP contribution in [0.3, 0.4) is 0 Å². The second-order valence-electron chi connectivity index (χ2n) is 14.6. The first-order chi connectivity index (χ1) is 21.7. The molecule has 0 bridgehead atoms. The van der Waals surface area contributed by atoms with Gasteiger partial charge in [-0.05, 0) is 98.9 Å². The van der Waals surface area contributed by atoms with E-state index in [0.717, 1.165) is 26.1 Å². The Hall–Kier alpha value is -1.67. The first kappa shape index (κ1) is 38.8. The minimum absolute atomic E-state index is 0.00765. The van der Waals surface area contributed by atoms with Crippen molar-refractivity contribution < 1.29 is 38.4 Å². The van der Waals surface area contributed by atoms with Crippen molar-refractivity contribution in [3.8, 4) is 0 Å². The third kappa shape index (κ3) is 10.9. The number of likely N-dealkylation sites (N-methyl/N-ethyl adjacent to an activating group) is 1. The molecule has 3 rings (SSSR count). The summed E-state index contributed by atoms with van der Waals surface area (Å²) in [4.78, 5) is 46.1. The van der Waals surface area contributed by atoms with Gasteiger partial charge in [0.2, 0.25) is 5.91 Å². The molecule has 1 aliphatic carbocycles. The van der Waals surface area contributed by atoms with E-state index in [2.05, 4.69) is 24.2 Å². The van der Waals surface area contributed by atoms with Gasteiger partial charge in [-0.15, -0.1) is 0 Å². The molecular formula is C34H62N4O8. The van der Waals surface area contributed by atoms with Crippen molar-refractivity contribution in [2.45, 2.75) is 103 Å². The molecule has 12 nitrogen and oxygen atoms in total. The van der Waals surface area contributed by atoms with Gasteiger partial charge in [0.25, 0.3) is 0 Å². The number of hydrogen-bond acceptors (Lipinski definition) is 11. The summed E-state index contributed by atoms with van der Waals surface area (Å²) in [6, 6.07) is -0.189. The van der Waals surface area contributed by atoms with Crippen LogP contribution in [-0.4, -0.2) is 148 Å². The van der Waals surface area contributed by atoms with Gasteiger partial charge in [-0.3, -0.25) is 14.4 Å². The lowest BCUT2D eigenvalue weighted by Crippen LogP contribution is -2.59. The molecule has 1 unspecified atom stereocenters. The van der Waals surface area contributed by atoms with Gasteiger partial charge in [0.15, 0.2) is 12.1 Å². The zero-order valence-electron chi connectivity index (χ0n) is 29.8. The molecule has 0 spiro atoms. The van der Waals surface area contributed by atoms with Crippen LogP contribution < -0.4 is 5.32 Å². The highest BCUT2D eigenvalue weighted by Crippen LogP contribution is 2.36. The van der Waals surface area contributed by atoms with Crippen molar-refractivity contribution in [3.63, 3.8) is 0 Å². The van der Waals surface area contributed by atoms with E-state index in [1.54, 1.807) is 25.9 Å².